The Balaban J connectivity index is 2.29. The summed E-state index contributed by atoms with van der Waals surface area (Å²) < 4.78 is 182. The number of carbonyl (C=O) groups is 1. The van der Waals surface area contributed by atoms with E-state index in [1.54, 1.807) is 4.74 Å². The molecule has 0 saturated carbocycles. The van der Waals surface area contributed by atoms with Gasteiger partial charge in [-0.05, 0) is 36.5 Å². The van der Waals surface area contributed by atoms with Crippen molar-refractivity contribution in [1.82, 2.24) is 5.32 Å². The van der Waals surface area contributed by atoms with Crippen molar-refractivity contribution in [3.05, 3.63) is 57.6 Å². The Morgan fingerprint density at radius 2 is 1.37 bits per heavy atom. The van der Waals surface area contributed by atoms with E-state index >= 15 is 0 Å². The van der Waals surface area contributed by atoms with Crippen LogP contribution < -0.4 is 15.4 Å². The standard InChI is InChI=1S/C21H11Cl2F13N2O4S/c1-40-13-11(6-9(22)7-12(13)23)14(39)38-15(43)37-10-4-2-3-8(5-10)16(24,25)18(28,29)41-19(30,31)17(26,27)20(32,33)42-21(34,35)36/h2-7H,1H3,(H2,37,38,39,43). The molecule has 22 heteroatoms. The third kappa shape index (κ3) is 8.02. The highest BCUT2D eigenvalue weighted by Crippen LogP contribution is 2.54. The first-order valence-electron chi connectivity index (χ1n) is 10.4. The zero-order valence-electron chi connectivity index (χ0n) is 20.2. The molecule has 0 bridgehead atoms. The molecule has 2 rings (SSSR count). The summed E-state index contributed by atoms with van der Waals surface area (Å²) in [6, 6.07) is 3.86. The average Bonchev–Trinajstić information content (AvgIpc) is 2.81. The summed E-state index contributed by atoms with van der Waals surface area (Å²) in [6.45, 7) is 0. The van der Waals surface area contributed by atoms with Crippen LogP contribution in [0.1, 0.15) is 15.9 Å². The third-order valence-corrected chi connectivity index (χ3v) is 5.47. The van der Waals surface area contributed by atoms with E-state index < -0.39 is 58.8 Å². The van der Waals surface area contributed by atoms with Gasteiger partial charge >= 0.3 is 36.5 Å². The zero-order valence-corrected chi connectivity index (χ0v) is 22.5. The molecule has 0 aliphatic carbocycles. The summed E-state index contributed by atoms with van der Waals surface area (Å²) in [7, 11) is 1.13. The van der Waals surface area contributed by atoms with Gasteiger partial charge in [-0.1, -0.05) is 35.3 Å². The molecular weight excluding hydrogens is 694 g/mol. The molecule has 0 saturated heterocycles. The van der Waals surface area contributed by atoms with Gasteiger partial charge in [-0.3, -0.25) is 10.1 Å². The fourth-order valence-corrected chi connectivity index (χ4v) is 3.68. The van der Waals surface area contributed by atoms with Gasteiger partial charge in [-0.2, -0.15) is 43.9 Å². The van der Waals surface area contributed by atoms with Crippen molar-refractivity contribution in [3.8, 4) is 5.75 Å². The highest BCUT2D eigenvalue weighted by Gasteiger charge is 2.80. The van der Waals surface area contributed by atoms with Crippen molar-refractivity contribution >= 4 is 52.1 Å². The summed E-state index contributed by atoms with van der Waals surface area (Å²) in [5, 5.41) is 3.24. The molecule has 0 spiro atoms. The van der Waals surface area contributed by atoms with Gasteiger partial charge in [0.2, 0.25) is 0 Å². The maximum absolute atomic E-state index is 14.5. The SMILES string of the molecule is COc1c(Cl)cc(Cl)cc1C(=O)NC(=S)Nc1cccc(C(F)(F)C(F)(F)OC(F)(F)C(F)(F)C(F)(F)OC(F)(F)F)c1. The first kappa shape index (κ1) is 36.4. The Morgan fingerprint density at radius 3 is 1.91 bits per heavy atom. The minimum absolute atomic E-state index is 0.0344. The van der Waals surface area contributed by atoms with Gasteiger partial charge in [0.05, 0.1) is 17.7 Å². The fourth-order valence-electron chi connectivity index (χ4n) is 2.90. The summed E-state index contributed by atoms with van der Waals surface area (Å²) in [4.78, 5) is 12.5. The Bertz CT molecular complexity index is 1380. The van der Waals surface area contributed by atoms with Gasteiger partial charge in [0.25, 0.3) is 5.91 Å². The molecule has 1 amide bonds. The Kier molecular flexibility index (Phi) is 10.4. The van der Waals surface area contributed by atoms with E-state index in [4.69, 9.17) is 40.2 Å². The van der Waals surface area contributed by atoms with Gasteiger partial charge in [-0.25, -0.2) is 9.47 Å². The number of benzene rings is 2. The fraction of sp³-hybridized carbons (Fsp3) is 0.333. The lowest BCUT2D eigenvalue weighted by molar-refractivity contribution is -0.535. The van der Waals surface area contributed by atoms with Crippen LogP contribution in [0, 0.1) is 0 Å². The number of ether oxygens (including phenoxy) is 3. The van der Waals surface area contributed by atoms with E-state index in [2.05, 4.69) is 5.32 Å². The van der Waals surface area contributed by atoms with Crippen LogP contribution in [0.3, 0.4) is 0 Å². The topological polar surface area (TPSA) is 68.8 Å². The molecule has 240 valence electrons. The van der Waals surface area contributed by atoms with Crippen molar-refractivity contribution in [2.45, 2.75) is 36.5 Å². The van der Waals surface area contributed by atoms with E-state index in [1.165, 1.54) is 6.07 Å². The van der Waals surface area contributed by atoms with Crippen molar-refractivity contribution < 1.29 is 76.1 Å². The minimum Gasteiger partial charge on any atom is -0.494 e. The van der Waals surface area contributed by atoms with Crippen molar-refractivity contribution in [3.63, 3.8) is 0 Å². The highest BCUT2D eigenvalue weighted by molar-refractivity contribution is 7.80. The number of alkyl halides is 13. The number of methoxy groups -OCH3 is 1. The number of thiocarbonyl (C=S) groups is 1. The molecule has 0 heterocycles. The lowest BCUT2D eigenvalue weighted by Crippen LogP contribution is -2.61. The molecule has 0 aromatic heterocycles. The van der Waals surface area contributed by atoms with Crippen LogP contribution in [0.4, 0.5) is 62.8 Å². The highest BCUT2D eigenvalue weighted by atomic mass is 35.5. The Hall–Kier alpha value is -2.81. The molecule has 0 aliphatic heterocycles. The summed E-state index contributed by atoms with van der Waals surface area (Å²) in [5.41, 5.74) is -2.95. The molecule has 0 unspecified atom stereocenters. The molecule has 2 aromatic carbocycles. The predicted octanol–water partition coefficient (Wildman–Crippen LogP) is 8.19. The Morgan fingerprint density at radius 1 is 0.814 bits per heavy atom. The third-order valence-electron chi connectivity index (χ3n) is 4.76. The summed E-state index contributed by atoms with van der Waals surface area (Å²) in [6.07, 6.45) is -28.1. The molecule has 0 aliphatic rings. The normalized spacial score (nSPS) is 13.5. The minimum atomic E-state index is -7.56. The van der Waals surface area contributed by atoms with E-state index in [0.29, 0.717) is 6.07 Å². The van der Waals surface area contributed by atoms with Crippen LogP contribution in [0.15, 0.2) is 36.4 Å². The monoisotopic (exact) mass is 704 g/mol. The molecule has 0 fully saturated rings. The second kappa shape index (κ2) is 12.3. The van der Waals surface area contributed by atoms with E-state index in [0.717, 1.165) is 19.2 Å². The van der Waals surface area contributed by atoms with Gasteiger partial charge in [0.1, 0.15) is 5.75 Å². The van der Waals surface area contributed by atoms with Gasteiger partial charge in [0.15, 0.2) is 5.11 Å². The van der Waals surface area contributed by atoms with E-state index in [1.807, 2.05) is 10.1 Å². The first-order chi connectivity index (χ1) is 19.3. The van der Waals surface area contributed by atoms with Crippen LogP contribution in [-0.2, 0) is 15.4 Å². The van der Waals surface area contributed by atoms with Gasteiger partial charge in [0, 0.05) is 16.3 Å². The van der Waals surface area contributed by atoms with Crippen molar-refractivity contribution in [2.75, 3.05) is 12.4 Å². The van der Waals surface area contributed by atoms with Crippen LogP contribution in [-0.4, -0.2) is 48.7 Å². The number of carbonyl (C=O) groups excluding carboxylic acids is 1. The van der Waals surface area contributed by atoms with E-state index in [9.17, 15) is 61.9 Å². The van der Waals surface area contributed by atoms with Crippen LogP contribution in [0.2, 0.25) is 10.0 Å². The number of hydrogen-bond donors (Lipinski definition) is 2. The molecule has 0 radical (unpaired) electrons. The molecule has 2 N–H and O–H groups in total. The van der Waals surface area contributed by atoms with Crippen LogP contribution in [0.25, 0.3) is 0 Å². The second-order valence-corrected chi connectivity index (χ2v) is 9.06. The predicted molar refractivity (Wildman–Crippen MR) is 125 cm³/mol. The smallest absolute Gasteiger partial charge is 0.494 e. The van der Waals surface area contributed by atoms with Gasteiger partial charge in [-0.15, -0.1) is 13.2 Å². The second-order valence-electron chi connectivity index (χ2n) is 7.81. The van der Waals surface area contributed by atoms with Crippen molar-refractivity contribution in [1.29, 1.82) is 0 Å². The lowest BCUT2D eigenvalue weighted by Gasteiger charge is -2.35. The summed E-state index contributed by atoms with van der Waals surface area (Å²) >= 11 is 16.5. The maximum atomic E-state index is 14.5. The number of rotatable bonds is 10. The van der Waals surface area contributed by atoms with Crippen molar-refractivity contribution in [2.24, 2.45) is 0 Å². The summed E-state index contributed by atoms with van der Waals surface area (Å²) in [5.74, 6) is -14.8. The van der Waals surface area contributed by atoms with Crippen LogP contribution in [0.5, 0.6) is 5.75 Å². The van der Waals surface area contributed by atoms with Crippen LogP contribution >= 0.6 is 35.4 Å². The quantitative estimate of drug-likeness (QED) is 0.192. The lowest BCUT2D eigenvalue weighted by atomic mass is 10.1. The molecular formula is C21H11Cl2F13N2O4S. The molecule has 2 aromatic rings. The van der Waals surface area contributed by atoms with Gasteiger partial charge < -0.3 is 10.1 Å². The van der Waals surface area contributed by atoms with E-state index in [-0.39, 0.29) is 33.5 Å². The maximum Gasteiger partial charge on any atom is 0.527 e. The largest absolute Gasteiger partial charge is 0.527 e. The number of anilines is 1. The molecule has 6 nitrogen and oxygen atoms in total. The molecule has 43 heavy (non-hydrogen) atoms. The number of nitrogens with one attached hydrogen (secondary N) is 2. The number of amides is 1. The Labute approximate surface area is 245 Å². The molecule has 0 atom stereocenters. The first-order valence-corrected chi connectivity index (χ1v) is 11.6. The number of halogens is 15. The zero-order chi connectivity index (χ0) is 33.4. The average molecular weight is 705 g/mol. The number of hydrogen-bond acceptors (Lipinski definition) is 5.